The van der Waals surface area contributed by atoms with Crippen molar-refractivity contribution in [1.82, 2.24) is 0 Å². The van der Waals surface area contributed by atoms with E-state index in [1.807, 2.05) is 6.92 Å². The number of amidine groups is 1. The van der Waals surface area contributed by atoms with Crippen LogP contribution in [0.4, 0.5) is 0 Å². The maximum absolute atomic E-state index is 8.52. The molecule has 1 aliphatic rings. The Morgan fingerprint density at radius 1 is 1.04 bits per heavy atom. The summed E-state index contributed by atoms with van der Waals surface area (Å²) in [7, 11) is 0. The van der Waals surface area contributed by atoms with E-state index in [0.717, 1.165) is 24.0 Å². The van der Waals surface area contributed by atoms with Crippen molar-refractivity contribution in [3.63, 3.8) is 0 Å². The quantitative estimate of drug-likeness (QED) is 0.599. The van der Waals surface area contributed by atoms with E-state index in [1.54, 1.807) is 0 Å². The van der Waals surface area contributed by atoms with Gasteiger partial charge in [0.15, 0.2) is 0 Å². The van der Waals surface area contributed by atoms with Crippen molar-refractivity contribution in [3.05, 3.63) is 69.8 Å². The minimum absolute atomic E-state index is 0.0460. The zero-order valence-electron chi connectivity index (χ0n) is 14.8. The average molecular weight is 321 g/mol. The lowest BCUT2D eigenvalue weighted by Gasteiger charge is -2.37. The minimum atomic E-state index is -0.628. The Bertz CT molecular complexity index is 736. The molecule has 0 bridgehead atoms. The maximum atomic E-state index is 8.52. The largest absolute Gasteiger partial charge is 0.387 e. The molecule has 126 valence electrons. The van der Waals surface area contributed by atoms with Crippen molar-refractivity contribution >= 4 is 5.84 Å². The third kappa shape index (κ3) is 2.63. The molecule has 0 spiro atoms. The van der Waals surface area contributed by atoms with Gasteiger partial charge in [-0.15, -0.1) is 0 Å². The molecule has 3 rings (SSSR count). The van der Waals surface area contributed by atoms with Crippen LogP contribution < -0.4 is 11.5 Å². The molecule has 1 aliphatic carbocycles. The van der Waals surface area contributed by atoms with Gasteiger partial charge >= 0.3 is 0 Å². The Labute approximate surface area is 144 Å². The molecule has 0 aromatic heterocycles. The molecule has 0 saturated heterocycles. The standard InChI is InChI=1S/C21H27N3/c1-13-4-8-18-16(10-13)6-7-17-11-14(2)5-9-19(17)21(18,20(23)24)12-15(3)22/h4-5,8-11,15H,6-7,12,22H2,1-3H3,(H3,23,24)/t15-/m0/s1. The van der Waals surface area contributed by atoms with E-state index in [1.165, 1.54) is 22.3 Å². The fourth-order valence-corrected chi connectivity index (χ4v) is 4.21. The summed E-state index contributed by atoms with van der Waals surface area (Å²) >= 11 is 0. The van der Waals surface area contributed by atoms with Crippen LogP contribution in [0.25, 0.3) is 0 Å². The smallest absolute Gasteiger partial charge is 0.106 e. The van der Waals surface area contributed by atoms with Crippen LogP contribution in [0.2, 0.25) is 0 Å². The molecule has 0 heterocycles. The first-order valence-corrected chi connectivity index (χ1v) is 8.64. The molecule has 0 unspecified atom stereocenters. The number of nitrogens with two attached hydrogens (primary N) is 2. The number of aryl methyl sites for hydroxylation is 4. The summed E-state index contributed by atoms with van der Waals surface area (Å²) in [4.78, 5) is 0. The van der Waals surface area contributed by atoms with Gasteiger partial charge in [0.25, 0.3) is 0 Å². The van der Waals surface area contributed by atoms with Gasteiger partial charge in [-0.2, -0.15) is 0 Å². The average Bonchev–Trinajstić information content (AvgIpc) is 2.62. The van der Waals surface area contributed by atoms with E-state index >= 15 is 0 Å². The van der Waals surface area contributed by atoms with Gasteiger partial charge < -0.3 is 11.5 Å². The van der Waals surface area contributed by atoms with Crippen molar-refractivity contribution in [2.45, 2.75) is 51.5 Å². The summed E-state index contributed by atoms with van der Waals surface area (Å²) in [6.45, 7) is 6.23. The van der Waals surface area contributed by atoms with Crippen LogP contribution in [0.1, 0.15) is 46.7 Å². The Hall–Kier alpha value is -2.13. The molecule has 0 saturated carbocycles. The van der Waals surface area contributed by atoms with Gasteiger partial charge in [-0.05, 0) is 62.3 Å². The van der Waals surface area contributed by atoms with Crippen molar-refractivity contribution in [3.8, 4) is 0 Å². The van der Waals surface area contributed by atoms with Crippen LogP contribution in [0.15, 0.2) is 36.4 Å². The molecule has 1 atom stereocenters. The summed E-state index contributed by atoms with van der Waals surface area (Å²) < 4.78 is 0. The van der Waals surface area contributed by atoms with E-state index in [2.05, 4.69) is 50.2 Å². The summed E-state index contributed by atoms with van der Waals surface area (Å²) in [6.07, 6.45) is 2.59. The fraction of sp³-hybridized carbons (Fsp3) is 0.381. The Balaban J connectivity index is 2.37. The summed E-state index contributed by atoms with van der Waals surface area (Å²) in [5.74, 6) is 0.192. The normalized spacial score (nSPS) is 16.7. The lowest BCUT2D eigenvalue weighted by molar-refractivity contribution is 0.534. The number of hydrogen-bond acceptors (Lipinski definition) is 2. The Morgan fingerprint density at radius 3 is 1.88 bits per heavy atom. The Morgan fingerprint density at radius 2 is 1.50 bits per heavy atom. The monoisotopic (exact) mass is 321 g/mol. The second-order valence-corrected chi connectivity index (χ2v) is 7.32. The van der Waals surface area contributed by atoms with E-state index in [-0.39, 0.29) is 11.9 Å². The molecule has 5 N–H and O–H groups in total. The molecular formula is C21H27N3. The predicted octanol–water partition coefficient (Wildman–Crippen LogP) is 3.36. The summed E-state index contributed by atoms with van der Waals surface area (Å²) in [5.41, 5.74) is 19.2. The van der Waals surface area contributed by atoms with Crippen molar-refractivity contribution in [1.29, 1.82) is 5.41 Å². The molecule has 3 nitrogen and oxygen atoms in total. The van der Waals surface area contributed by atoms with E-state index in [9.17, 15) is 0 Å². The SMILES string of the molecule is Cc1ccc2c(c1)CCc1cc(C)ccc1C2(C[C@H](C)N)C(=N)N. The topological polar surface area (TPSA) is 75.9 Å². The zero-order valence-corrected chi connectivity index (χ0v) is 14.8. The van der Waals surface area contributed by atoms with Gasteiger partial charge in [0.1, 0.15) is 5.84 Å². The van der Waals surface area contributed by atoms with Gasteiger partial charge in [-0.1, -0.05) is 47.5 Å². The number of benzene rings is 2. The third-order valence-corrected chi connectivity index (χ3v) is 5.19. The second-order valence-electron chi connectivity index (χ2n) is 7.32. The third-order valence-electron chi connectivity index (χ3n) is 5.19. The first-order chi connectivity index (χ1) is 11.3. The molecule has 3 heteroatoms. The Kier molecular flexibility index (Phi) is 4.22. The van der Waals surface area contributed by atoms with Crippen molar-refractivity contribution < 1.29 is 0 Å². The van der Waals surface area contributed by atoms with Gasteiger partial charge in [0.2, 0.25) is 0 Å². The highest BCUT2D eigenvalue weighted by atomic mass is 14.8. The fourth-order valence-electron chi connectivity index (χ4n) is 4.21. The predicted molar refractivity (Wildman–Crippen MR) is 101 cm³/mol. The number of hydrogen-bond donors (Lipinski definition) is 3. The maximum Gasteiger partial charge on any atom is 0.106 e. The van der Waals surface area contributed by atoms with E-state index < -0.39 is 5.41 Å². The van der Waals surface area contributed by atoms with Crippen molar-refractivity contribution in [2.24, 2.45) is 11.5 Å². The highest BCUT2D eigenvalue weighted by Crippen LogP contribution is 2.43. The minimum Gasteiger partial charge on any atom is -0.387 e. The van der Waals surface area contributed by atoms with E-state index in [0.29, 0.717) is 6.42 Å². The van der Waals surface area contributed by atoms with Crippen LogP contribution in [0, 0.1) is 19.3 Å². The molecule has 0 amide bonds. The second kappa shape index (κ2) is 6.06. The van der Waals surface area contributed by atoms with Gasteiger partial charge in [0, 0.05) is 6.04 Å². The van der Waals surface area contributed by atoms with Gasteiger partial charge in [-0.3, -0.25) is 5.41 Å². The molecule has 0 radical (unpaired) electrons. The van der Waals surface area contributed by atoms with Crippen LogP contribution in [0.5, 0.6) is 0 Å². The molecule has 2 aromatic carbocycles. The first-order valence-electron chi connectivity index (χ1n) is 8.64. The highest BCUT2D eigenvalue weighted by Gasteiger charge is 2.42. The van der Waals surface area contributed by atoms with Gasteiger partial charge in [-0.25, -0.2) is 0 Å². The lowest BCUT2D eigenvalue weighted by Crippen LogP contribution is -2.46. The number of fused-ring (bicyclic) bond motifs is 2. The number of rotatable bonds is 3. The van der Waals surface area contributed by atoms with Gasteiger partial charge in [0.05, 0.1) is 5.41 Å². The van der Waals surface area contributed by atoms with Crippen molar-refractivity contribution in [2.75, 3.05) is 0 Å². The molecule has 24 heavy (non-hydrogen) atoms. The molecule has 0 aliphatic heterocycles. The lowest BCUT2D eigenvalue weighted by atomic mass is 9.67. The van der Waals surface area contributed by atoms with E-state index in [4.69, 9.17) is 16.9 Å². The first kappa shape index (κ1) is 16.7. The molecular weight excluding hydrogens is 294 g/mol. The van der Waals surface area contributed by atoms with Crippen LogP contribution in [0.3, 0.4) is 0 Å². The summed E-state index contributed by atoms with van der Waals surface area (Å²) in [5, 5.41) is 8.52. The molecule has 0 fully saturated rings. The highest BCUT2D eigenvalue weighted by molar-refractivity contribution is 5.94. The number of nitrogens with one attached hydrogen (secondary N) is 1. The van der Waals surface area contributed by atoms with Crippen LogP contribution in [-0.4, -0.2) is 11.9 Å². The van der Waals surface area contributed by atoms with Crippen LogP contribution >= 0.6 is 0 Å². The zero-order chi connectivity index (χ0) is 17.5. The molecule has 2 aromatic rings. The van der Waals surface area contributed by atoms with Crippen LogP contribution in [-0.2, 0) is 18.3 Å². The summed E-state index contributed by atoms with van der Waals surface area (Å²) in [6, 6.07) is 13.0.